The molecule has 0 radical (unpaired) electrons. The van der Waals surface area contributed by atoms with E-state index < -0.39 is 0 Å². The quantitative estimate of drug-likeness (QED) is 0.626. The van der Waals surface area contributed by atoms with Crippen LogP contribution in [-0.2, 0) is 6.42 Å². The monoisotopic (exact) mass is 312 g/mol. The van der Waals surface area contributed by atoms with Crippen LogP contribution in [0.2, 0.25) is 0 Å². The van der Waals surface area contributed by atoms with Gasteiger partial charge in [-0.15, -0.1) is 0 Å². The molecule has 2 rings (SSSR count). The average Bonchev–Trinajstić information content (AvgIpc) is 2.45. The van der Waals surface area contributed by atoms with Crippen LogP contribution in [-0.4, -0.2) is 11.7 Å². The maximum absolute atomic E-state index is 5.33. The minimum Gasteiger partial charge on any atom is -0.362 e. The Kier molecular flexibility index (Phi) is 5.96. The predicted octanol–water partition coefficient (Wildman–Crippen LogP) is 4.53. The molecule has 2 N–H and O–H groups in total. The van der Waals surface area contributed by atoms with Crippen molar-refractivity contribution in [3.05, 3.63) is 64.7 Å². The summed E-state index contributed by atoms with van der Waals surface area (Å²) in [6.45, 7) is 7.27. The molecule has 2 nitrogen and oxygen atoms in total. The highest BCUT2D eigenvalue weighted by Gasteiger charge is 2.00. The van der Waals surface area contributed by atoms with Crippen molar-refractivity contribution in [1.29, 1.82) is 0 Å². The van der Waals surface area contributed by atoms with Crippen LogP contribution in [0.3, 0.4) is 0 Å². The minimum absolute atomic E-state index is 0.686. The lowest BCUT2D eigenvalue weighted by molar-refractivity contribution is 0.774. The van der Waals surface area contributed by atoms with Gasteiger partial charge in [0.15, 0.2) is 5.11 Å². The first kappa shape index (κ1) is 16.5. The van der Waals surface area contributed by atoms with E-state index in [2.05, 4.69) is 61.7 Å². The fourth-order valence-corrected chi connectivity index (χ4v) is 2.73. The smallest absolute Gasteiger partial charge is 0.170 e. The number of rotatable bonds is 5. The summed E-state index contributed by atoms with van der Waals surface area (Å²) >= 11 is 5.33. The minimum atomic E-state index is 0.686. The van der Waals surface area contributed by atoms with E-state index >= 15 is 0 Å². The second-order valence-corrected chi connectivity index (χ2v) is 6.19. The molecule has 3 heteroatoms. The second kappa shape index (κ2) is 7.95. The zero-order valence-corrected chi connectivity index (χ0v) is 14.4. The molecular formula is C19H24N2S. The van der Waals surface area contributed by atoms with E-state index in [0.29, 0.717) is 5.11 Å². The number of hydrogen-bond acceptors (Lipinski definition) is 1. The first-order chi connectivity index (χ1) is 10.5. The molecule has 0 aliphatic carbocycles. The van der Waals surface area contributed by atoms with Gasteiger partial charge in [-0.05, 0) is 74.7 Å². The van der Waals surface area contributed by atoms with Gasteiger partial charge < -0.3 is 10.6 Å². The van der Waals surface area contributed by atoms with Gasteiger partial charge in [-0.2, -0.15) is 0 Å². The summed E-state index contributed by atoms with van der Waals surface area (Å²) in [6.07, 6.45) is 2.14. The van der Waals surface area contributed by atoms with Gasteiger partial charge in [-0.3, -0.25) is 0 Å². The molecular weight excluding hydrogens is 288 g/mol. The van der Waals surface area contributed by atoms with Gasteiger partial charge in [0.2, 0.25) is 0 Å². The number of benzene rings is 2. The zero-order chi connectivity index (χ0) is 15.9. The van der Waals surface area contributed by atoms with E-state index in [1.807, 2.05) is 12.1 Å². The molecule has 0 spiro atoms. The fraction of sp³-hybridized carbons (Fsp3) is 0.316. The van der Waals surface area contributed by atoms with Crippen LogP contribution in [0.1, 0.15) is 28.7 Å². The summed E-state index contributed by atoms with van der Waals surface area (Å²) in [4.78, 5) is 0. The lowest BCUT2D eigenvalue weighted by Gasteiger charge is -2.11. The molecule has 0 aliphatic rings. The van der Waals surface area contributed by atoms with Crippen molar-refractivity contribution in [1.82, 2.24) is 5.32 Å². The van der Waals surface area contributed by atoms with Gasteiger partial charge in [-0.1, -0.05) is 35.9 Å². The summed E-state index contributed by atoms with van der Waals surface area (Å²) in [5, 5.41) is 7.18. The number of anilines is 1. The molecule has 0 aliphatic heterocycles. The van der Waals surface area contributed by atoms with Crippen LogP contribution >= 0.6 is 12.2 Å². The molecule has 0 unspecified atom stereocenters. The van der Waals surface area contributed by atoms with Gasteiger partial charge in [0.1, 0.15) is 0 Å². The molecule has 0 bridgehead atoms. The topological polar surface area (TPSA) is 24.1 Å². The summed E-state index contributed by atoms with van der Waals surface area (Å²) in [7, 11) is 0. The number of aryl methyl sites for hydroxylation is 4. The van der Waals surface area contributed by atoms with E-state index in [4.69, 9.17) is 12.2 Å². The maximum Gasteiger partial charge on any atom is 0.170 e. The molecule has 0 atom stereocenters. The Hall–Kier alpha value is -1.87. The van der Waals surface area contributed by atoms with Crippen molar-refractivity contribution in [2.75, 3.05) is 11.9 Å². The molecule has 0 aromatic heterocycles. The Labute approximate surface area is 139 Å². The highest BCUT2D eigenvalue weighted by molar-refractivity contribution is 7.80. The van der Waals surface area contributed by atoms with Crippen molar-refractivity contribution >= 4 is 23.0 Å². The fourth-order valence-electron chi connectivity index (χ4n) is 2.51. The third-order valence-electron chi connectivity index (χ3n) is 3.68. The Bertz CT molecular complexity index is 650. The van der Waals surface area contributed by atoms with Crippen molar-refractivity contribution in [3.63, 3.8) is 0 Å². The highest BCUT2D eigenvalue weighted by Crippen LogP contribution is 2.12. The van der Waals surface area contributed by atoms with Crippen molar-refractivity contribution in [3.8, 4) is 0 Å². The summed E-state index contributed by atoms with van der Waals surface area (Å²) in [5.74, 6) is 0. The highest BCUT2D eigenvalue weighted by atomic mass is 32.1. The summed E-state index contributed by atoms with van der Waals surface area (Å²) in [6, 6.07) is 14.9. The molecule has 0 saturated heterocycles. The third-order valence-corrected chi connectivity index (χ3v) is 3.93. The van der Waals surface area contributed by atoms with Crippen LogP contribution in [0.25, 0.3) is 0 Å². The zero-order valence-electron chi connectivity index (χ0n) is 13.6. The molecule has 116 valence electrons. The van der Waals surface area contributed by atoms with E-state index in [-0.39, 0.29) is 0 Å². The van der Waals surface area contributed by atoms with Crippen LogP contribution < -0.4 is 10.6 Å². The van der Waals surface area contributed by atoms with E-state index in [1.54, 1.807) is 0 Å². The lowest BCUT2D eigenvalue weighted by Crippen LogP contribution is -2.29. The largest absolute Gasteiger partial charge is 0.362 e. The van der Waals surface area contributed by atoms with Crippen LogP contribution in [0.4, 0.5) is 5.69 Å². The van der Waals surface area contributed by atoms with Crippen molar-refractivity contribution in [2.24, 2.45) is 0 Å². The Morgan fingerprint density at radius 3 is 2.50 bits per heavy atom. The molecule has 0 fully saturated rings. The number of thiocarbonyl (C=S) groups is 1. The van der Waals surface area contributed by atoms with E-state index in [0.717, 1.165) is 25.1 Å². The van der Waals surface area contributed by atoms with Gasteiger partial charge >= 0.3 is 0 Å². The normalized spacial score (nSPS) is 10.3. The van der Waals surface area contributed by atoms with Crippen LogP contribution in [0.5, 0.6) is 0 Å². The SMILES string of the molecule is Cc1cccc(NC(=S)NCCCc2ccc(C)cc2C)c1. The standard InChI is InChI=1S/C19H24N2S/c1-14-6-4-8-18(13-14)21-19(22)20-11-5-7-17-10-9-15(2)12-16(17)3/h4,6,8-10,12-13H,5,7,11H2,1-3H3,(H2,20,21,22). The van der Waals surface area contributed by atoms with Crippen molar-refractivity contribution in [2.45, 2.75) is 33.6 Å². The number of hydrogen-bond donors (Lipinski definition) is 2. The van der Waals surface area contributed by atoms with Crippen LogP contribution in [0.15, 0.2) is 42.5 Å². The number of nitrogens with one attached hydrogen (secondary N) is 2. The van der Waals surface area contributed by atoms with E-state index in [9.17, 15) is 0 Å². The Morgan fingerprint density at radius 2 is 1.77 bits per heavy atom. The van der Waals surface area contributed by atoms with Crippen LogP contribution in [0, 0.1) is 20.8 Å². The molecule has 0 amide bonds. The Balaban J connectivity index is 1.73. The van der Waals surface area contributed by atoms with Gasteiger partial charge in [-0.25, -0.2) is 0 Å². The predicted molar refractivity (Wildman–Crippen MR) is 99.6 cm³/mol. The van der Waals surface area contributed by atoms with Crippen molar-refractivity contribution < 1.29 is 0 Å². The first-order valence-electron chi connectivity index (χ1n) is 7.72. The summed E-state index contributed by atoms with van der Waals surface area (Å²) < 4.78 is 0. The average molecular weight is 312 g/mol. The second-order valence-electron chi connectivity index (χ2n) is 5.78. The first-order valence-corrected chi connectivity index (χ1v) is 8.13. The molecule has 22 heavy (non-hydrogen) atoms. The molecule has 0 heterocycles. The summed E-state index contributed by atoms with van der Waals surface area (Å²) in [5.41, 5.74) is 6.38. The molecule has 2 aromatic rings. The van der Waals surface area contributed by atoms with Gasteiger partial charge in [0.25, 0.3) is 0 Å². The van der Waals surface area contributed by atoms with E-state index in [1.165, 1.54) is 22.3 Å². The molecule has 0 saturated carbocycles. The third kappa shape index (κ3) is 5.15. The Morgan fingerprint density at radius 1 is 1.00 bits per heavy atom. The maximum atomic E-state index is 5.33. The van der Waals surface area contributed by atoms with Gasteiger partial charge in [0, 0.05) is 12.2 Å². The lowest BCUT2D eigenvalue weighted by atomic mass is 10.0. The van der Waals surface area contributed by atoms with Gasteiger partial charge in [0.05, 0.1) is 0 Å². The molecule has 2 aromatic carbocycles.